The molecular formula is C22H20F4N4O4S. The lowest BCUT2D eigenvalue weighted by molar-refractivity contribution is -0.142. The molecule has 4 rings (SSSR count). The van der Waals surface area contributed by atoms with Crippen molar-refractivity contribution >= 4 is 29.1 Å². The van der Waals surface area contributed by atoms with Crippen LogP contribution >= 0.6 is 11.3 Å². The van der Waals surface area contributed by atoms with Crippen molar-refractivity contribution in [1.29, 1.82) is 0 Å². The number of aliphatic carboxylic acids is 1. The van der Waals surface area contributed by atoms with E-state index in [0.717, 1.165) is 11.0 Å². The number of rotatable bonds is 7. The van der Waals surface area contributed by atoms with Crippen LogP contribution in [-0.4, -0.2) is 64.4 Å². The van der Waals surface area contributed by atoms with Crippen LogP contribution in [0.4, 0.5) is 17.6 Å². The Morgan fingerprint density at radius 3 is 2.77 bits per heavy atom. The maximum absolute atomic E-state index is 14.8. The monoisotopic (exact) mass is 512 g/mol. The second-order valence-corrected chi connectivity index (χ2v) is 8.81. The Morgan fingerprint density at radius 1 is 1.34 bits per heavy atom. The third-order valence-electron chi connectivity index (χ3n) is 5.55. The van der Waals surface area contributed by atoms with E-state index in [1.807, 2.05) is 0 Å². The predicted octanol–water partition coefficient (Wildman–Crippen LogP) is 3.12. The van der Waals surface area contributed by atoms with Crippen molar-refractivity contribution in [2.24, 2.45) is 4.99 Å². The topological polar surface area (TPSA) is 104 Å². The summed E-state index contributed by atoms with van der Waals surface area (Å²) in [6.45, 7) is 0.182. The van der Waals surface area contributed by atoms with Crippen LogP contribution in [0.2, 0.25) is 0 Å². The van der Waals surface area contributed by atoms with Crippen molar-refractivity contribution in [1.82, 2.24) is 15.2 Å². The maximum Gasteiger partial charge on any atom is 0.338 e. The Hall–Kier alpha value is -3.32. The van der Waals surface area contributed by atoms with Crippen molar-refractivity contribution in [3.05, 3.63) is 63.3 Å². The van der Waals surface area contributed by atoms with E-state index in [-0.39, 0.29) is 29.3 Å². The smallest absolute Gasteiger partial charge is 0.338 e. The number of carbonyl (C=O) groups is 2. The Kier molecular flexibility index (Phi) is 6.90. The van der Waals surface area contributed by atoms with Crippen molar-refractivity contribution in [2.45, 2.75) is 31.4 Å². The highest BCUT2D eigenvalue weighted by Gasteiger charge is 2.49. The summed E-state index contributed by atoms with van der Waals surface area (Å²) < 4.78 is 62.3. The fraction of sp³-hybridized carbons (Fsp3) is 0.364. The summed E-state index contributed by atoms with van der Waals surface area (Å²) in [5.41, 5.74) is -0.528. The number of alkyl halides is 2. The molecule has 0 saturated carbocycles. The number of carbonyl (C=O) groups excluding carboxylic acids is 1. The summed E-state index contributed by atoms with van der Waals surface area (Å²) in [5, 5.41) is 14.3. The molecule has 2 aliphatic rings. The zero-order valence-electron chi connectivity index (χ0n) is 18.3. The van der Waals surface area contributed by atoms with E-state index in [1.165, 1.54) is 36.6 Å². The molecule has 1 aromatic heterocycles. The predicted molar refractivity (Wildman–Crippen MR) is 117 cm³/mol. The van der Waals surface area contributed by atoms with E-state index in [2.05, 4.69) is 15.3 Å². The van der Waals surface area contributed by atoms with Crippen molar-refractivity contribution in [2.75, 3.05) is 19.7 Å². The number of halogens is 4. The van der Waals surface area contributed by atoms with Gasteiger partial charge in [0.25, 0.3) is 5.92 Å². The number of hydrogen-bond acceptors (Lipinski definition) is 8. The van der Waals surface area contributed by atoms with Crippen LogP contribution < -0.4 is 5.32 Å². The van der Waals surface area contributed by atoms with Gasteiger partial charge < -0.3 is 15.2 Å². The minimum Gasteiger partial charge on any atom is -0.480 e. The fourth-order valence-corrected chi connectivity index (χ4v) is 4.66. The summed E-state index contributed by atoms with van der Waals surface area (Å²) in [7, 11) is 0. The van der Waals surface area contributed by atoms with Gasteiger partial charge in [-0.05, 0) is 13.0 Å². The first-order valence-electron chi connectivity index (χ1n) is 10.5. The summed E-state index contributed by atoms with van der Waals surface area (Å²) in [4.78, 5) is 34.2. The Balaban J connectivity index is 1.85. The van der Waals surface area contributed by atoms with Crippen molar-refractivity contribution in [3.8, 4) is 0 Å². The van der Waals surface area contributed by atoms with Crippen LogP contribution in [0.25, 0.3) is 0 Å². The van der Waals surface area contributed by atoms with E-state index in [1.54, 1.807) is 5.38 Å². The number of likely N-dealkylation sites (tertiary alicyclic amines) is 1. The van der Waals surface area contributed by atoms with Gasteiger partial charge in [-0.25, -0.2) is 27.3 Å². The zero-order valence-corrected chi connectivity index (χ0v) is 19.1. The molecule has 0 unspecified atom stereocenters. The van der Waals surface area contributed by atoms with E-state index < -0.39 is 61.1 Å². The Morgan fingerprint density at radius 2 is 2.11 bits per heavy atom. The number of hydrogen-bond donors (Lipinski definition) is 2. The van der Waals surface area contributed by atoms with Crippen LogP contribution in [0, 0.1) is 11.6 Å². The highest BCUT2D eigenvalue weighted by Crippen LogP contribution is 2.37. The molecule has 0 spiro atoms. The highest BCUT2D eigenvalue weighted by atomic mass is 32.1. The zero-order chi connectivity index (χ0) is 25.3. The maximum atomic E-state index is 14.8. The molecule has 1 fully saturated rings. The second kappa shape index (κ2) is 9.74. The molecule has 3 heterocycles. The van der Waals surface area contributed by atoms with Crippen LogP contribution in [0.15, 0.2) is 46.0 Å². The average Bonchev–Trinajstić information content (AvgIpc) is 3.43. The molecule has 186 valence electrons. The number of aromatic nitrogens is 1. The Bertz CT molecular complexity index is 1200. The highest BCUT2D eigenvalue weighted by molar-refractivity contribution is 7.11. The normalized spacial score (nSPS) is 22.0. The summed E-state index contributed by atoms with van der Waals surface area (Å²) in [6.07, 6.45) is 0.577. The molecule has 2 atom stereocenters. The van der Waals surface area contributed by atoms with Gasteiger partial charge in [0.2, 0.25) is 0 Å². The number of esters is 1. The molecule has 0 aliphatic carbocycles. The van der Waals surface area contributed by atoms with Crippen molar-refractivity contribution < 1.29 is 37.0 Å². The number of carboxylic acids is 1. The van der Waals surface area contributed by atoms with Crippen LogP contribution in [-0.2, 0) is 14.3 Å². The van der Waals surface area contributed by atoms with E-state index >= 15 is 0 Å². The van der Waals surface area contributed by atoms with Gasteiger partial charge in [0, 0.05) is 35.8 Å². The molecular weight excluding hydrogens is 492 g/mol. The lowest BCUT2D eigenvalue weighted by atomic mass is 9.94. The third kappa shape index (κ3) is 5.05. The lowest BCUT2D eigenvalue weighted by Crippen LogP contribution is -2.43. The minimum absolute atomic E-state index is 0.0127. The number of thiazole rings is 1. The molecule has 2 aliphatic heterocycles. The first-order valence-corrected chi connectivity index (χ1v) is 11.4. The van der Waals surface area contributed by atoms with E-state index in [0.29, 0.717) is 5.01 Å². The molecule has 1 aromatic carbocycles. The largest absolute Gasteiger partial charge is 0.480 e. The SMILES string of the molecule is CCOC(=O)C1=C(CN2CC(F)(F)C[C@H]2C(=O)O)NC(c2nccs2)=N[C@H]1c1cccc(F)c1F. The molecule has 35 heavy (non-hydrogen) atoms. The van der Waals surface area contributed by atoms with Gasteiger partial charge in [-0.15, -0.1) is 11.3 Å². The molecule has 0 amide bonds. The number of nitrogens with zero attached hydrogens (tertiary/aromatic N) is 3. The van der Waals surface area contributed by atoms with Crippen LogP contribution in [0.5, 0.6) is 0 Å². The average molecular weight is 512 g/mol. The van der Waals surface area contributed by atoms with Crippen molar-refractivity contribution in [3.63, 3.8) is 0 Å². The van der Waals surface area contributed by atoms with Gasteiger partial charge in [0.15, 0.2) is 22.5 Å². The molecule has 1 saturated heterocycles. The van der Waals surface area contributed by atoms with E-state index in [9.17, 15) is 32.3 Å². The Labute approximate surface area is 200 Å². The quantitative estimate of drug-likeness (QED) is 0.434. The molecule has 2 N–H and O–H groups in total. The molecule has 0 bridgehead atoms. The molecule has 2 aromatic rings. The summed E-state index contributed by atoms with van der Waals surface area (Å²) >= 11 is 1.17. The number of amidine groups is 1. The van der Waals surface area contributed by atoms with Gasteiger partial charge in [-0.1, -0.05) is 12.1 Å². The standard InChI is InChI=1S/C22H20F4N4O4S/c1-2-34-21(33)15-13(9-30-10-22(25,26)8-14(30)20(31)32)28-18(19-27-6-7-35-19)29-17(15)11-4-3-5-12(23)16(11)24/h3-7,14,17H,2,8-10H2,1H3,(H,28,29)(H,31,32)/t14-,17-/m0/s1. The number of aliphatic imine (C=N–C) groups is 1. The molecule has 0 radical (unpaired) electrons. The lowest BCUT2D eigenvalue weighted by Gasteiger charge is -2.30. The number of nitrogens with one attached hydrogen (secondary N) is 1. The minimum atomic E-state index is -3.26. The van der Waals surface area contributed by atoms with Gasteiger partial charge in [-0.3, -0.25) is 14.7 Å². The second-order valence-electron chi connectivity index (χ2n) is 7.92. The summed E-state index contributed by atoms with van der Waals surface area (Å²) in [6, 6.07) is 0.487. The van der Waals surface area contributed by atoms with Crippen LogP contribution in [0.3, 0.4) is 0 Å². The first kappa shape index (κ1) is 24.8. The molecule has 13 heteroatoms. The van der Waals surface area contributed by atoms with Crippen LogP contribution in [0.1, 0.15) is 30.0 Å². The van der Waals surface area contributed by atoms with Gasteiger partial charge in [-0.2, -0.15) is 0 Å². The third-order valence-corrected chi connectivity index (χ3v) is 6.33. The van der Waals surface area contributed by atoms with Gasteiger partial charge in [0.1, 0.15) is 12.1 Å². The number of benzene rings is 1. The fourth-order valence-electron chi connectivity index (χ4n) is 4.07. The van der Waals surface area contributed by atoms with E-state index in [4.69, 9.17) is 4.74 Å². The van der Waals surface area contributed by atoms with Gasteiger partial charge >= 0.3 is 11.9 Å². The summed E-state index contributed by atoms with van der Waals surface area (Å²) in [5.74, 6) is -7.94. The first-order chi connectivity index (χ1) is 16.6. The molecule has 8 nitrogen and oxygen atoms in total. The van der Waals surface area contributed by atoms with Gasteiger partial charge in [0.05, 0.1) is 18.7 Å². The number of ether oxygens (including phenoxy) is 1. The number of carboxylic acid groups (broad SMARTS) is 1.